The summed E-state index contributed by atoms with van der Waals surface area (Å²) >= 11 is 2.03. The number of rotatable bonds is 3. The summed E-state index contributed by atoms with van der Waals surface area (Å²) < 4.78 is 4.74. The lowest BCUT2D eigenvalue weighted by Crippen LogP contribution is -2.33. The molecule has 2 atom stereocenters. The number of nitrogens with one attached hydrogen (secondary N) is 1. The van der Waals surface area contributed by atoms with Crippen LogP contribution in [0.1, 0.15) is 35.7 Å². The third-order valence-electron chi connectivity index (χ3n) is 3.60. The average molecular weight is 279 g/mol. The topological polar surface area (TPSA) is 38.3 Å². The van der Waals surface area contributed by atoms with Gasteiger partial charge >= 0.3 is 5.97 Å². The number of carbonyl (C=O) groups excluding carboxylic acids is 1. The summed E-state index contributed by atoms with van der Waals surface area (Å²) in [5.74, 6) is 0.982. The lowest BCUT2D eigenvalue weighted by molar-refractivity contribution is 0.0600. The van der Waals surface area contributed by atoms with Crippen molar-refractivity contribution in [2.75, 3.05) is 18.2 Å². The highest BCUT2D eigenvalue weighted by molar-refractivity contribution is 8.00. The predicted molar refractivity (Wildman–Crippen MR) is 81.1 cm³/mol. The van der Waals surface area contributed by atoms with Crippen LogP contribution < -0.4 is 5.32 Å². The molecule has 1 fully saturated rings. The van der Waals surface area contributed by atoms with E-state index >= 15 is 0 Å². The Labute approximate surface area is 119 Å². The number of anilines is 1. The van der Waals surface area contributed by atoms with Crippen LogP contribution in [0, 0.1) is 6.92 Å². The van der Waals surface area contributed by atoms with E-state index in [0.717, 1.165) is 11.3 Å². The second-order valence-electron chi connectivity index (χ2n) is 4.99. The van der Waals surface area contributed by atoms with Crippen LogP contribution in [0.4, 0.5) is 5.69 Å². The number of ether oxygens (including phenoxy) is 1. The second kappa shape index (κ2) is 6.33. The summed E-state index contributed by atoms with van der Waals surface area (Å²) in [4.78, 5) is 11.5. The molecular weight excluding hydrogens is 258 g/mol. The molecule has 2 rings (SSSR count). The van der Waals surface area contributed by atoms with Gasteiger partial charge in [0.2, 0.25) is 0 Å². The molecule has 19 heavy (non-hydrogen) atoms. The maximum absolute atomic E-state index is 11.5. The van der Waals surface area contributed by atoms with Gasteiger partial charge in [0, 0.05) is 17.0 Å². The molecule has 1 heterocycles. The predicted octanol–water partition coefficient (Wildman–Crippen LogP) is 3.48. The molecule has 4 heteroatoms. The molecule has 0 spiro atoms. The van der Waals surface area contributed by atoms with E-state index in [9.17, 15) is 4.79 Å². The normalized spacial score (nSPS) is 22.9. The summed E-state index contributed by atoms with van der Waals surface area (Å²) in [5.41, 5.74) is 2.81. The molecule has 3 nitrogen and oxygen atoms in total. The average Bonchev–Trinajstić information content (AvgIpc) is 2.42. The molecule has 0 amide bonds. The number of benzene rings is 1. The van der Waals surface area contributed by atoms with Crippen molar-refractivity contribution in [3.63, 3.8) is 0 Å². The van der Waals surface area contributed by atoms with Crippen molar-refractivity contribution in [2.24, 2.45) is 0 Å². The molecule has 0 aliphatic carbocycles. The Morgan fingerprint density at radius 2 is 2.26 bits per heavy atom. The minimum atomic E-state index is -0.281. The molecule has 1 aliphatic heterocycles. The van der Waals surface area contributed by atoms with Gasteiger partial charge in [0.05, 0.1) is 12.7 Å². The third kappa shape index (κ3) is 3.44. The highest BCUT2D eigenvalue weighted by Crippen LogP contribution is 2.29. The zero-order valence-corrected chi connectivity index (χ0v) is 12.5. The van der Waals surface area contributed by atoms with Crippen molar-refractivity contribution in [3.05, 3.63) is 29.3 Å². The zero-order chi connectivity index (χ0) is 13.8. The van der Waals surface area contributed by atoms with E-state index in [0.29, 0.717) is 16.9 Å². The second-order valence-corrected chi connectivity index (χ2v) is 6.48. The molecule has 1 aromatic rings. The molecule has 0 saturated carbocycles. The minimum Gasteiger partial charge on any atom is -0.465 e. The Bertz CT molecular complexity index is 461. The molecule has 0 radical (unpaired) electrons. The van der Waals surface area contributed by atoms with Gasteiger partial charge in [-0.2, -0.15) is 11.8 Å². The summed E-state index contributed by atoms with van der Waals surface area (Å²) in [6, 6.07) is 6.20. The number of hydrogen-bond donors (Lipinski definition) is 1. The first-order valence-electron chi connectivity index (χ1n) is 6.69. The smallest absolute Gasteiger partial charge is 0.337 e. The molecule has 1 N–H and O–H groups in total. The van der Waals surface area contributed by atoms with Crippen molar-refractivity contribution in [1.82, 2.24) is 0 Å². The fourth-order valence-corrected chi connectivity index (χ4v) is 3.52. The SMILES string of the molecule is COC(=O)c1ccc(NC2CCCSC2C)c(C)c1. The monoisotopic (exact) mass is 279 g/mol. The summed E-state index contributed by atoms with van der Waals surface area (Å²) in [6.07, 6.45) is 2.48. The van der Waals surface area contributed by atoms with E-state index in [4.69, 9.17) is 4.74 Å². The number of thioether (sulfide) groups is 1. The van der Waals surface area contributed by atoms with Gasteiger partial charge in [-0.05, 0) is 49.3 Å². The van der Waals surface area contributed by atoms with Gasteiger partial charge in [0.15, 0.2) is 0 Å². The van der Waals surface area contributed by atoms with E-state index in [1.165, 1.54) is 25.7 Å². The molecule has 2 unspecified atom stereocenters. The highest BCUT2D eigenvalue weighted by Gasteiger charge is 2.22. The maximum atomic E-state index is 11.5. The van der Waals surface area contributed by atoms with E-state index in [2.05, 4.69) is 12.2 Å². The maximum Gasteiger partial charge on any atom is 0.337 e. The zero-order valence-electron chi connectivity index (χ0n) is 11.7. The highest BCUT2D eigenvalue weighted by atomic mass is 32.2. The van der Waals surface area contributed by atoms with Crippen LogP contribution in [0.25, 0.3) is 0 Å². The Morgan fingerprint density at radius 3 is 2.89 bits per heavy atom. The van der Waals surface area contributed by atoms with Gasteiger partial charge in [-0.15, -0.1) is 0 Å². The Hall–Kier alpha value is -1.16. The first-order chi connectivity index (χ1) is 9.11. The number of methoxy groups -OCH3 is 1. The first kappa shape index (κ1) is 14.3. The number of carbonyl (C=O) groups is 1. The van der Waals surface area contributed by atoms with E-state index in [-0.39, 0.29) is 5.97 Å². The Kier molecular flexibility index (Phi) is 4.75. The Morgan fingerprint density at radius 1 is 1.47 bits per heavy atom. The van der Waals surface area contributed by atoms with E-state index in [1.807, 2.05) is 36.9 Å². The largest absolute Gasteiger partial charge is 0.465 e. The van der Waals surface area contributed by atoms with Gasteiger partial charge in [0.25, 0.3) is 0 Å². The lowest BCUT2D eigenvalue weighted by Gasteiger charge is -2.30. The fourth-order valence-electron chi connectivity index (χ4n) is 2.38. The van der Waals surface area contributed by atoms with Crippen LogP contribution in [0.5, 0.6) is 0 Å². The summed E-state index contributed by atoms with van der Waals surface area (Å²) in [6.45, 7) is 4.30. The summed E-state index contributed by atoms with van der Waals surface area (Å²) in [5, 5.41) is 4.24. The van der Waals surface area contributed by atoms with Crippen LogP contribution >= 0.6 is 11.8 Å². The fraction of sp³-hybridized carbons (Fsp3) is 0.533. The number of hydrogen-bond acceptors (Lipinski definition) is 4. The van der Waals surface area contributed by atoms with Crippen molar-refractivity contribution >= 4 is 23.4 Å². The number of esters is 1. The first-order valence-corrected chi connectivity index (χ1v) is 7.74. The van der Waals surface area contributed by atoms with Crippen molar-refractivity contribution < 1.29 is 9.53 Å². The van der Waals surface area contributed by atoms with Crippen molar-refractivity contribution in [1.29, 1.82) is 0 Å². The Balaban J connectivity index is 2.10. The molecule has 1 saturated heterocycles. The van der Waals surface area contributed by atoms with Gasteiger partial charge in [-0.1, -0.05) is 6.92 Å². The molecule has 0 bridgehead atoms. The van der Waals surface area contributed by atoms with Crippen LogP contribution in [0.3, 0.4) is 0 Å². The van der Waals surface area contributed by atoms with Gasteiger partial charge in [-0.3, -0.25) is 0 Å². The van der Waals surface area contributed by atoms with Crippen LogP contribution in [0.15, 0.2) is 18.2 Å². The minimum absolute atomic E-state index is 0.281. The van der Waals surface area contributed by atoms with Crippen molar-refractivity contribution in [3.8, 4) is 0 Å². The number of aryl methyl sites for hydroxylation is 1. The molecule has 1 aliphatic rings. The molecule has 104 valence electrons. The summed E-state index contributed by atoms with van der Waals surface area (Å²) in [7, 11) is 1.41. The van der Waals surface area contributed by atoms with Crippen LogP contribution in [-0.4, -0.2) is 30.1 Å². The van der Waals surface area contributed by atoms with E-state index in [1.54, 1.807) is 0 Å². The van der Waals surface area contributed by atoms with E-state index < -0.39 is 0 Å². The van der Waals surface area contributed by atoms with Gasteiger partial charge in [0.1, 0.15) is 0 Å². The molecule has 0 aromatic heterocycles. The molecular formula is C15H21NO2S. The third-order valence-corrected chi connectivity index (χ3v) is 4.97. The van der Waals surface area contributed by atoms with Crippen molar-refractivity contribution in [2.45, 2.75) is 38.0 Å². The van der Waals surface area contributed by atoms with Gasteiger partial charge in [-0.25, -0.2) is 4.79 Å². The standard InChI is InChI=1S/C15H21NO2S/c1-10-9-12(15(17)18-3)6-7-13(10)16-14-5-4-8-19-11(14)2/h6-7,9,11,14,16H,4-5,8H2,1-3H3. The van der Waals surface area contributed by atoms with Gasteiger partial charge < -0.3 is 10.1 Å². The van der Waals surface area contributed by atoms with Crippen LogP contribution in [-0.2, 0) is 4.74 Å². The molecule has 1 aromatic carbocycles. The lowest BCUT2D eigenvalue weighted by atomic mass is 10.1. The quantitative estimate of drug-likeness (QED) is 0.860. The van der Waals surface area contributed by atoms with Crippen LogP contribution in [0.2, 0.25) is 0 Å².